The molecule has 0 radical (unpaired) electrons. The van der Waals surface area contributed by atoms with Crippen LogP contribution in [0.25, 0.3) is 108 Å². The van der Waals surface area contributed by atoms with Crippen LogP contribution in [0.3, 0.4) is 0 Å². The SMILES string of the molecule is c1cc(-c2cccc(-c3cccc4c3sc3ccccc34)c2)cc(-c2cccc3c2oc2nc4c5ccccc5c5ccccc5c4nc23)c1. The van der Waals surface area contributed by atoms with Crippen molar-refractivity contribution >= 4 is 86.3 Å². The van der Waals surface area contributed by atoms with E-state index in [1.54, 1.807) is 0 Å². The average Bonchev–Trinajstić information content (AvgIpc) is 3.76. The third-order valence-corrected chi connectivity index (χ3v) is 11.3. The molecule has 0 N–H and O–H groups in total. The summed E-state index contributed by atoms with van der Waals surface area (Å²) in [4.78, 5) is 10.4. The Morgan fingerprint density at radius 2 is 0.900 bits per heavy atom. The van der Waals surface area contributed by atoms with Gasteiger partial charge < -0.3 is 4.42 Å². The molecule has 0 bridgehead atoms. The van der Waals surface area contributed by atoms with E-state index in [4.69, 9.17) is 14.4 Å². The zero-order valence-electron chi connectivity index (χ0n) is 26.7. The van der Waals surface area contributed by atoms with Gasteiger partial charge in [-0.2, -0.15) is 0 Å². The smallest absolute Gasteiger partial charge is 0.246 e. The maximum atomic E-state index is 6.62. The normalized spacial score (nSPS) is 12.0. The van der Waals surface area contributed by atoms with Crippen LogP contribution in [0.5, 0.6) is 0 Å². The minimum Gasteiger partial charge on any atom is -0.436 e. The van der Waals surface area contributed by atoms with Crippen molar-refractivity contribution < 1.29 is 4.42 Å². The Kier molecular flexibility index (Phi) is 5.83. The Balaban J connectivity index is 1.06. The van der Waals surface area contributed by atoms with E-state index < -0.39 is 0 Å². The molecular weight excluding hydrogens is 629 g/mol. The highest BCUT2D eigenvalue weighted by atomic mass is 32.1. The summed E-state index contributed by atoms with van der Waals surface area (Å²) in [5.74, 6) is 0. The second-order valence-electron chi connectivity index (χ2n) is 12.9. The van der Waals surface area contributed by atoms with Crippen molar-refractivity contribution in [3.05, 3.63) is 158 Å². The highest BCUT2D eigenvalue weighted by Crippen LogP contribution is 2.42. The number of thiophene rings is 1. The molecule has 0 aliphatic carbocycles. The summed E-state index contributed by atoms with van der Waals surface area (Å²) >= 11 is 1.87. The summed E-state index contributed by atoms with van der Waals surface area (Å²) in [5, 5.41) is 8.12. The molecule has 0 fully saturated rings. The summed E-state index contributed by atoms with van der Waals surface area (Å²) in [6.45, 7) is 0. The van der Waals surface area contributed by atoms with Gasteiger partial charge in [0.25, 0.3) is 0 Å². The van der Waals surface area contributed by atoms with Gasteiger partial charge in [0.15, 0.2) is 0 Å². The topological polar surface area (TPSA) is 38.9 Å². The van der Waals surface area contributed by atoms with Gasteiger partial charge in [-0.25, -0.2) is 9.97 Å². The maximum absolute atomic E-state index is 6.62. The van der Waals surface area contributed by atoms with Crippen LogP contribution in [0, 0.1) is 0 Å². The number of benzene rings is 8. The Morgan fingerprint density at radius 1 is 0.380 bits per heavy atom. The highest BCUT2D eigenvalue weighted by molar-refractivity contribution is 7.26. The van der Waals surface area contributed by atoms with Gasteiger partial charge in [-0.3, -0.25) is 0 Å². The number of fused-ring (bicyclic) bond motifs is 12. The van der Waals surface area contributed by atoms with Crippen molar-refractivity contribution in [3.8, 4) is 33.4 Å². The minimum absolute atomic E-state index is 0.555. The van der Waals surface area contributed by atoms with Gasteiger partial charge in [-0.1, -0.05) is 133 Å². The van der Waals surface area contributed by atoms with Gasteiger partial charge >= 0.3 is 0 Å². The van der Waals surface area contributed by atoms with Gasteiger partial charge in [0, 0.05) is 41.9 Å². The fourth-order valence-electron chi connectivity index (χ4n) is 7.76. The van der Waals surface area contributed by atoms with Crippen LogP contribution in [0.1, 0.15) is 0 Å². The summed E-state index contributed by atoms with van der Waals surface area (Å²) < 4.78 is 9.27. The van der Waals surface area contributed by atoms with E-state index in [1.807, 2.05) is 11.3 Å². The second kappa shape index (κ2) is 10.6. The molecule has 0 saturated heterocycles. The van der Waals surface area contributed by atoms with Gasteiger partial charge in [0.05, 0.1) is 5.52 Å². The fraction of sp³-hybridized carbons (Fsp3) is 0. The quantitative estimate of drug-likeness (QED) is 0.178. The van der Waals surface area contributed by atoms with E-state index in [0.29, 0.717) is 5.71 Å². The number of furan rings is 1. The van der Waals surface area contributed by atoms with E-state index in [0.717, 1.165) is 55.0 Å². The van der Waals surface area contributed by atoms with Crippen molar-refractivity contribution in [2.75, 3.05) is 0 Å². The molecule has 0 atom stereocenters. The van der Waals surface area contributed by atoms with Crippen LogP contribution in [-0.4, -0.2) is 9.97 Å². The molecule has 0 amide bonds. The monoisotopic (exact) mass is 654 g/mol. The fourth-order valence-corrected chi connectivity index (χ4v) is 8.99. The minimum atomic E-state index is 0.555. The number of nitrogens with zero attached hydrogens (tertiary/aromatic N) is 2. The molecule has 11 rings (SSSR count). The van der Waals surface area contributed by atoms with Crippen LogP contribution < -0.4 is 0 Å². The number of aromatic nitrogens is 2. The molecule has 0 aliphatic heterocycles. The molecule has 0 unspecified atom stereocenters. The Bertz CT molecular complexity index is 3170. The first-order valence-corrected chi connectivity index (χ1v) is 17.6. The first-order chi connectivity index (χ1) is 24.8. The third kappa shape index (κ3) is 4.03. The van der Waals surface area contributed by atoms with Crippen LogP contribution in [0.15, 0.2) is 162 Å². The number of hydrogen-bond acceptors (Lipinski definition) is 4. The second-order valence-corrected chi connectivity index (χ2v) is 13.9. The first-order valence-electron chi connectivity index (χ1n) is 16.8. The zero-order valence-corrected chi connectivity index (χ0v) is 27.5. The lowest BCUT2D eigenvalue weighted by Crippen LogP contribution is -1.89. The standard InChI is InChI=1S/C46H26N2OS/c1-3-18-36-33(15-1)34-16-2-4-19-37(34)42-41(36)47-43-39-23-9-20-31(44(39)49-46(43)48-42)29-13-7-11-27(25-29)28-12-8-14-30(26-28)32-21-10-22-38-35-17-5-6-24-40(35)50-45(32)38/h1-26H. The molecule has 4 heteroatoms. The molecule has 0 aliphatic rings. The molecule has 232 valence electrons. The number of hydrogen-bond donors (Lipinski definition) is 0. The maximum Gasteiger partial charge on any atom is 0.246 e. The van der Waals surface area contributed by atoms with E-state index in [-0.39, 0.29) is 0 Å². The van der Waals surface area contributed by atoms with Gasteiger partial charge in [0.2, 0.25) is 5.71 Å². The van der Waals surface area contributed by atoms with E-state index in [1.165, 1.54) is 47.6 Å². The van der Waals surface area contributed by atoms with Gasteiger partial charge in [-0.15, -0.1) is 11.3 Å². The largest absolute Gasteiger partial charge is 0.436 e. The number of rotatable bonds is 3. The lowest BCUT2D eigenvalue weighted by molar-refractivity contribution is 0.656. The van der Waals surface area contributed by atoms with E-state index in [9.17, 15) is 0 Å². The molecule has 3 nitrogen and oxygen atoms in total. The zero-order chi connectivity index (χ0) is 32.8. The lowest BCUT2D eigenvalue weighted by atomic mass is 9.95. The lowest BCUT2D eigenvalue weighted by Gasteiger charge is -2.09. The molecule has 3 aromatic heterocycles. The van der Waals surface area contributed by atoms with Crippen molar-refractivity contribution in [2.24, 2.45) is 0 Å². The Labute approximate surface area is 290 Å². The highest BCUT2D eigenvalue weighted by Gasteiger charge is 2.19. The average molecular weight is 655 g/mol. The van der Waals surface area contributed by atoms with Crippen molar-refractivity contribution in [2.45, 2.75) is 0 Å². The van der Waals surface area contributed by atoms with Crippen molar-refractivity contribution in [1.82, 2.24) is 9.97 Å². The van der Waals surface area contributed by atoms with Crippen LogP contribution >= 0.6 is 11.3 Å². The van der Waals surface area contributed by atoms with Crippen LogP contribution in [-0.2, 0) is 0 Å². The predicted octanol–water partition coefficient (Wildman–Crippen LogP) is 13.2. The molecular formula is C46H26N2OS. The Morgan fingerprint density at radius 3 is 1.62 bits per heavy atom. The summed E-state index contributed by atoms with van der Waals surface area (Å²) in [6.07, 6.45) is 0. The molecule has 50 heavy (non-hydrogen) atoms. The predicted molar refractivity (Wildman–Crippen MR) is 211 cm³/mol. The van der Waals surface area contributed by atoms with E-state index in [2.05, 4.69) is 158 Å². The Hall–Kier alpha value is -6.36. The van der Waals surface area contributed by atoms with Crippen LogP contribution in [0.4, 0.5) is 0 Å². The van der Waals surface area contributed by atoms with Crippen molar-refractivity contribution in [1.29, 1.82) is 0 Å². The third-order valence-electron chi connectivity index (χ3n) is 10.1. The number of para-hydroxylation sites is 1. The van der Waals surface area contributed by atoms with Gasteiger partial charge in [-0.05, 0) is 62.9 Å². The molecule has 11 aromatic rings. The molecule has 0 saturated carbocycles. The summed E-state index contributed by atoms with van der Waals surface area (Å²) in [7, 11) is 0. The molecule has 3 heterocycles. The first kappa shape index (κ1) is 27.6. The summed E-state index contributed by atoms with van der Waals surface area (Å²) in [5.41, 5.74) is 10.8. The molecule has 0 spiro atoms. The molecule has 8 aromatic carbocycles. The van der Waals surface area contributed by atoms with Crippen molar-refractivity contribution in [3.63, 3.8) is 0 Å². The van der Waals surface area contributed by atoms with Gasteiger partial charge in [0.1, 0.15) is 16.6 Å². The van der Waals surface area contributed by atoms with Crippen LogP contribution in [0.2, 0.25) is 0 Å². The summed E-state index contributed by atoms with van der Waals surface area (Å²) in [6, 6.07) is 56.2. The van der Waals surface area contributed by atoms with E-state index >= 15 is 0 Å².